The predicted octanol–water partition coefficient (Wildman–Crippen LogP) is 4.98. The second-order valence-electron chi connectivity index (χ2n) is 9.12. The highest BCUT2D eigenvalue weighted by Crippen LogP contribution is 2.45. The standard InChI is InChI=1S/C26H35Cl2N3O/c1-19(2)24(30-25(32)21-10-8-20(9-11-21)12-15-29)18-31-16-13-23(14-17-31)26(27,28)22-6-4-3-5-7-22/h3-11,19,23-24H,12-18,29H2,1-2H3,(H,30,32). The molecule has 1 heterocycles. The van der Waals surface area contributed by atoms with Crippen LogP contribution >= 0.6 is 23.2 Å². The zero-order valence-electron chi connectivity index (χ0n) is 19.1. The summed E-state index contributed by atoms with van der Waals surface area (Å²) in [5.74, 6) is 0.517. The highest BCUT2D eigenvalue weighted by molar-refractivity contribution is 6.48. The van der Waals surface area contributed by atoms with Gasteiger partial charge in [-0.05, 0) is 74.0 Å². The van der Waals surface area contributed by atoms with Crippen LogP contribution in [0.1, 0.15) is 48.2 Å². The van der Waals surface area contributed by atoms with E-state index in [2.05, 4.69) is 24.1 Å². The van der Waals surface area contributed by atoms with Gasteiger partial charge in [-0.25, -0.2) is 0 Å². The first-order valence-corrected chi connectivity index (χ1v) is 12.3. The third-order valence-corrected chi connectivity index (χ3v) is 7.54. The molecule has 0 radical (unpaired) electrons. The lowest BCUT2D eigenvalue weighted by Crippen LogP contribution is -2.49. The lowest BCUT2D eigenvalue weighted by atomic mass is 9.88. The van der Waals surface area contributed by atoms with Crippen LogP contribution in [0.3, 0.4) is 0 Å². The van der Waals surface area contributed by atoms with Crippen molar-refractivity contribution in [1.29, 1.82) is 0 Å². The van der Waals surface area contributed by atoms with E-state index in [1.54, 1.807) is 0 Å². The summed E-state index contributed by atoms with van der Waals surface area (Å²) in [7, 11) is 0. The first-order chi connectivity index (χ1) is 15.3. The summed E-state index contributed by atoms with van der Waals surface area (Å²) in [4.78, 5) is 15.2. The molecule has 0 bridgehead atoms. The summed E-state index contributed by atoms with van der Waals surface area (Å²) < 4.78 is -0.866. The van der Waals surface area contributed by atoms with Gasteiger partial charge in [-0.1, -0.05) is 79.5 Å². The fourth-order valence-electron chi connectivity index (χ4n) is 4.32. The van der Waals surface area contributed by atoms with Crippen molar-refractivity contribution in [3.05, 3.63) is 71.3 Å². The Kier molecular flexibility index (Phi) is 9.01. The zero-order chi connectivity index (χ0) is 23.1. The number of halogens is 2. The third-order valence-electron chi connectivity index (χ3n) is 6.48. The predicted molar refractivity (Wildman–Crippen MR) is 134 cm³/mol. The van der Waals surface area contributed by atoms with Crippen LogP contribution in [0.25, 0.3) is 0 Å². The van der Waals surface area contributed by atoms with Crippen LogP contribution in [0.4, 0.5) is 0 Å². The van der Waals surface area contributed by atoms with Crippen LogP contribution < -0.4 is 11.1 Å². The van der Waals surface area contributed by atoms with Gasteiger partial charge in [-0.15, -0.1) is 0 Å². The van der Waals surface area contributed by atoms with Gasteiger partial charge in [-0.3, -0.25) is 4.79 Å². The largest absolute Gasteiger partial charge is 0.348 e. The summed E-state index contributed by atoms with van der Waals surface area (Å²) in [6.07, 6.45) is 2.69. The van der Waals surface area contributed by atoms with E-state index >= 15 is 0 Å². The van der Waals surface area contributed by atoms with Crippen LogP contribution in [0.15, 0.2) is 54.6 Å². The summed E-state index contributed by atoms with van der Waals surface area (Å²) in [5.41, 5.74) is 8.41. The van der Waals surface area contributed by atoms with Gasteiger partial charge in [0.25, 0.3) is 5.91 Å². The Labute approximate surface area is 202 Å². The highest BCUT2D eigenvalue weighted by atomic mass is 35.5. The molecule has 4 nitrogen and oxygen atoms in total. The molecule has 1 fully saturated rings. The SMILES string of the molecule is CC(C)C(CN1CCC(C(Cl)(Cl)c2ccccc2)CC1)NC(=O)c1ccc(CCN)cc1. The summed E-state index contributed by atoms with van der Waals surface area (Å²) in [5, 5.41) is 3.24. The molecule has 2 aromatic carbocycles. The van der Waals surface area contributed by atoms with Crippen molar-refractivity contribution in [1.82, 2.24) is 10.2 Å². The normalized spacial score (nSPS) is 16.8. The number of rotatable bonds is 9. The van der Waals surface area contributed by atoms with Crippen LogP contribution in [-0.4, -0.2) is 43.0 Å². The topological polar surface area (TPSA) is 58.4 Å². The zero-order valence-corrected chi connectivity index (χ0v) is 20.6. The van der Waals surface area contributed by atoms with Crippen molar-refractivity contribution in [2.24, 2.45) is 17.6 Å². The maximum absolute atomic E-state index is 12.8. The van der Waals surface area contributed by atoms with Gasteiger partial charge >= 0.3 is 0 Å². The first kappa shape index (κ1) is 25.0. The monoisotopic (exact) mass is 475 g/mol. The van der Waals surface area contributed by atoms with Crippen molar-refractivity contribution in [3.8, 4) is 0 Å². The van der Waals surface area contributed by atoms with Crippen molar-refractivity contribution in [2.75, 3.05) is 26.2 Å². The van der Waals surface area contributed by atoms with Crippen LogP contribution in [0.2, 0.25) is 0 Å². The number of amides is 1. The van der Waals surface area contributed by atoms with Crippen LogP contribution in [0, 0.1) is 11.8 Å². The fraction of sp³-hybridized carbons (Fsp3) is 0.500. The molecule has 1 atom stereocenters. The molecule has 0 aliphatic carbocycles. The minimum Gasteiger partial charge on any atom is -0.348 e. The lowest BCUT2D eigenvalue weighted by molar-refractivity contribution is 0.0891. The number of benzene rings is 2. The average molecular weight is 476 g/mol. The molecular weight excluding hydrogens is 441 g/mol. The van der Waals surface area contributed by atoms with E-state index in [1.165, 1.54) is 0 Å². The molecule has 174 valence electrons. The van der Waals surface area contributed by atoms with Gasteiger partial charge in [0.05, 0.1) is 0 Å². The summed E-state index contributed by atoms with van der Waals surface area (Å²) in [6, 6.07) is 17.7. The number of likely N-dealkylation sites (tertiary alicyclic amines) is 1. The molecule has 6 heteroatoms. The minimum absolute atomic E-state index is 0.0255. The molecule has 0 aromatic heterocycles. The lowest BCUT2D eigenvalue weighted by Gasteiger charge is -2.39. The molecule has 3 rings (SSSR count). The van der Waals surface area contributed by atoms with Gasteiger partial charge in [0.2, 0.25) is 0 Å². The highest BCUT2D eigenvalue weighted by Gasteiger charge is 2.38. The number of alkyl halides is 2. The molecule has 1 aliphatic rings. The third kappa shape index (κ3) is 6.48. The molecule has 1 amide bonds. The summed E-state index contributed by atoms with van der Waals surface area (Å²) in [6.45, 7) is 7.58. The Morgan fingerprint density at radius 2 is 1.72 bits per heavy atom. The van der Waals surface area contributed by atoms with Crippen molar-refractivity contribution in [2.45, 2.75) is 43.5 Å². The van der Waals surface area contributed by atoms with Crippen LogP contribution in [0.5, 0.6) is 0 Å². The van der Waals surface area contributed by atoms with Crippen LogP contribution in [-0.2, 0) is 10.8 Å². The first-order valence-electron chi connectivity index (χ1n) is 11.6. The molecular formula is C26H35Cl2N3O. The van der Waals surface area contributed by atoms with Crippen molar-refractivity contribution >= 4 is 29.1 Å². The minimum atomic E-state index is -0.866. The van der Waals surface area contributed by atoms with E-state index in [0.717, 1.165) is 50.0 Å². The van der Waals surface area contributed by atoms with Gasteiger partial charge in [-0.2, -0.15) is 0 Å². The number of hydrogen-bond donors (Lipinski definition) is 2. The van der Waals surface area contributed by atoms with Crippen molar-refractivity contribution in [3.63, 3.8) is 0 Å². The number of carbonyl (C=O) groups is 1. The van der Waals surface area contributed by atoms with E-state index in [0.29, 0.717) is 18.0 Å². The summed E-state index contributed by atoms with van der Waals surface area (Å²) >= 11 is 13.6. The molecule has 1 unspecified atom stereocenters. The van der Waals surface area contributed by atoms with E-state index in [1.807, 2.05) is 54.6 Å². The molecule has 0 spiro atoms. The number of hydrogen-bond acceptors (Lipinski definition) is 3. The molecule has 32 heavy (non-hydrogen) atoms. The maximum atomic E-state index is 12.8. The van der Waals surface area contributed by atoms with Gasteiger partial charge in [0, 0.05) is 18.2 Å². The Balaban J connectivity index is 1.55. The number of nitrogens with zero attached hydrogens (tertiary/aromatic N) is 1. The van der Waals surface area contributed by atoms with E-state index in [4.69, 9.17) is 28.9 Å². The second-order valence-corrected chi connectivity index (χ2v) is 10.5. The fourth-order valence-corrected chi connectivity index (χ4v) is 5.01. The smallest absolute Gasteiger partial charge is 0.251 e. The Hall–Kier alpha value is -1.59. The number of carbonyl (C=O) groups excluding carboxylic acids is 1. The number of piperidine rings is 1. The second kappa shape index (κ2) is 11.5. The maximum Gasteiger partial charge on any atom is 0.251 e. The Bertz CT molecular complexity index is 847. The molecule has 1 aliphatic heterocycles. The molecule has 3 N–H and O–H groups in total. The van der Waals surface area contributed by atoms with E-state index in [-0.39, 0.29) is 17.9 Å². The van der Waals surface area contributed by atoms with E-state index < -0.39 is 4.33 Å². The van der Waals surface area contributed by atoms with Crippen molar-refractivity contribution < 1.29 is 4.79 Å². The molecule has 0 saturated carbocycles. The number of nitrogens with two attached hydrogens (primary N) is 1. The van der Waals surface area contributed by atoms with Gasteiger partial charge < -0.3 is 16.0 Å². The average Bonchev–Trinajstić information content (AvgIpc) is 2.80. The number of nitrogens with one attached hydrogen (secondary N) is 1. The Morgan fingerprint density at radius 1 is 1.09 bits per heavy atom. The van der Waals surface area contributed by atoms with Gasteiger partial charge in [0.1, 0.15) is 4.33 Å². The van der Waals surface area contributed by atoms with E-state index in [9.17, 15) is 4.79 Å². The Morgan fingerprint density at radius 3 is 2.28 bits per heavy atom. The molecule has 2 aromatic rings. The van der Waals surface area contributed by atoms with Gasteiger partial charge in [0.15, 0.2) is 0 Å². The quantitative estimate of drug-likeness (QED) is 0.502. The molecule has 1 saturated heterocycles.